The number of carbonyl (C=O) groups is 1. The molecule has 1 aromatic heterocycles. The molecule has 7 heteroatoms. The number of rotatable bonds is 5. The number of aromatic nitrogens is 2. The van der Waals surface area contributed by atoms with E-state index in [0.717, 1.165) is 21.3 Å². The fourth-order valence-corrected chi connectivity index (χ4v) is 3.36. The van der Waals surface area contributed by atoms with Crippen molar-refractivity contribution in [2.75, 3.05) is 19.1 Å². The number of amides is 1. The smallest absolute Gasteiger partial charge is 0.232 e. The number of ether oxygens (including phenoxy) is 1. The Kier molecular flexibility index (Phi) is 5.60. The summed E-state index contributed by atoms with van der Waals surface area (Å²) < 4.78 is 20.8. The molecule has 2 aromatic carbocycles. The normalized spacial score (nSPS) is 10.7. The van der Waals surface area contributed by atoms with E-state index in [0.29, 0.717) is 11.5 Å². The lowest BCUT2D eigenvalue weighted by Gasteiger charge is -2.17. The Morgan fingerprint density at radius 2 is 1.93 bits per heavy atom. The summed E-state index contributed by atoms with van der Waals surface area (Å²) in [5, 5.41) is 4.43. The third kappa shape index (κ3) is 4.19. The topological polar surface area (TPSA) is 47.4 Å². The minimum absolute atomic E-state index is 0.0688. The second-order valence-electron chi connectivity index (χ2n) is 6.12. The maximum atomic E-state index is 13.1. The van der Waals surface area contributed by atoms with Crippen LogP contribution in [0.3, 0.4) is 0 Å². The molecule has 27 heavy (non-hydrogen) atoms. The summed E-state index contributed by atoms with van der Waals surface area (Å²) in [4.78, 5) is 14.3. The summed E-state index contributed by atoms with van der Waals surface area (Å²) in [5.41, 5.74) is 2.35. The van der Waals surface area contributed by atoms with Crippen LogP contribution in [0.15, 0.2) is 53.0 Å². The lowest BCUT2D eigenvalue weighted by atomic mass is 10.1. The van der Waals surface area contributed by atoms with Gasteiger partial charge in [-0.05, 0) is 57.9 Å². The Morgan fingerprint density at radius 1 is 1.22 bits per heavy atom. The predicted molar refractivity (Wildman–Crippen MR) is 106 cm³/mol. The Balaban J connectivity index is 1.79. The number of likely N-dealkylation sites (N-methyl/N-ethyl adjacent to an activating group) is 1. The van der Waals surface area contributed by atoms with Gasteiger partial charge in [0.05, 0.1) is 23.7 Å². The maximum absolute atomic E-state index is 13.1. The van der Waals surface area contributed by atoms with Gasteiger partial charge in [-0.25, -0.2) is 4.39 Å². The van der Waals surface area contributed by atoms with Crippen LogP contribution in [0, 0.1) is 5.82 Å². The van der Waals surface area contributed by atoms with Crippen molar-refractivity contribution >= 4 is 27.7 Å². The molecule has 3 rings (SSSR count). The molecule has 0 N–H and O–H groups in total. The summed E-state index contributed by atoms with van der Waals surface area (Å²) in [6.45, 7) is 0. The van der Waals surface area contributed by atoms with Crippen LogP contribution < -0.4 is 9.64 Å². The largest absolute Gasteiger partial charge is 0.496 e. The number of hydrogen-bond acceptors (Lipinski definition) is 3. The van der Waals surface area contributed by atoms with Crippen LogP contribution >= 0.6 is 15.9 Å². The molecular weight excluding hydrogens is 413 g/mol. The highest BCUT2D eigenvalue weighted by Crippen LogP contribution is 2.27. The first-order chi connectivity index (χ1) is 12.9. The van der Waals surface area contributed by atoms with Crippen LogP contribution in [0.2, 0.25) is 0 Å². The molecule has 0 fully saturated rings. The van der Waals surface area contributed by atoms with Crippen LogP contribution in [0.4, 0.5) is 10.2 Å². The van der Waals surface area contributed by atoms with Crippen LogP contribution in [-0.4, -0.2) is 29.8 Å². The molecule has 0 saturated heterocycles. The van der Waals surface area contributed by atoms with E-state index in [9.17, 15) is 9.18 Å². The lowest BCUT2D eigenvalue weighted by molar-refractivity contribution is -0.117. The van der Waals surface area contributed by atoms with Gasteiger partial charge in [-0.1, -0.05) is 6.07 Å². The molecule has 0 unspecified atom stereocenters. The summed E-state index contributed by atoms with van der Waals surface area (Å²) in [7, 11) is 5.09. The average Bonchev–Trinajstić information content (AvgIpc) is 3.03. The van der Waals surface area contributed by atoms with Gasteiger partial charge in [0.25, 0.3) is 0 Å². The third-order valence-corrected chi connectivity index (χ3v) is 4.90. The fraction of sp³-hybridized carbons (Fsp3) is 0.200. The van der Waals surface area contributed by atoms with Crippen molar-refractivity contribution in [2.45, 2.75) is 6.42 Å². The predicted octanol–water partition coefficient (Wildman–Crippen LogP) is 4.20. The summed E-state index contributed by atoms with van der Waals surface area (Å²) in [6.07, 6.45) is 0.246. The van der Waals surface area contributed by atoms with E-state index in [1.165, 1.54) is 12.1 Å². The molecule has 0 radical (unpaired) electrons. The van der Waals surface area contributed by atoms with Crippen molar-refractivity contribution < 1.29 is 13.9 Å². The van der Waals surface area contributed by atoms with E-state index >= 15 is 0 Å². The maximum Gasteiger partial charge on any atom is 0.232 e. The Morgan fingerprint density at radius 3 is 2.56 bits per heavy atom. The number of carbonyl (C=O) groups excluding carboxylic acids is 1. The standard InChI is InChI=1S/C20H19BrFN3O2/c1-24(20(26)11-13-4-9-18(27-3)16(21)10-13)19-12-17(23-25(19)2)14-5-7-15(22)8-6-14/h4-10,12H,11H2,1-3H3. The van der Waals surface area contributed by atoms with Crippen LogP contribution in [0.25, 0.3) is 11.3 Å². The zero-order chi connectivity index (χ0) is 19.6. The minimum atomic E-state index is -0.298. The molecule has 3 aromatic rings. The van der Waals surface area contributed by atoms with Crippen LogP contribution in [0.1, 0.15) is 5.56 Å². The quantitative estimate of drug-likeness (QED) is 0.607. The Bertz CT molecular complexity index is 970. The first-order valence-corrected chi connectivity index (χ1v) is 9.07. The molecule has 1 heterocycles. The molecule has 1 amide bonds. The summed E-state index contributed by atoms with van der Waals surface area (Å²) in [5.74, 6) is 1.01. The van der Waals surface area contributed by atoms with Gasteiger partial charge in [-0.3, -0.25) is 14.4 Å². The Hall–Kier alpha value is -2.67. The van der Waals surface area contributed by atoms with Gasteiger partial charge >= 0.3 is 0 Å². The van der Waals surface area contributed by atoms with Gasteiger partial charge in [0.1, 0.15) is 17.4 Å². The zero-order valence-corrected chi connectivity index (χ0v) is 16.8. The monoisotopic (exact) mass is 431 g/mol. The van der Waals surface area contributed by atoms with Crippen molar-refractivity contribution in [3.8, 4) is 17.0 Å². The molecule has 0 spiro atoms. The van der Waals surface area contributed by atoms with E-state index < -0.39 is 0 Å². The first-order valence-electron chi connectivity index (χ1n) is 8.28. The van der Waals surface area contributed by atoms with Crippen molar-refractivity contribution in [3.05, 3.63) is 64.4 Å². The van der Waals surface area contributed by atoms with E-state index in [-0.39, 0.29) is 18.1 Å². The van der Waals surface area contributed by atoms with Crippen LogP contribution in [0.5, 0.6) is 5.75 Å². The third-order valence-electron chi connectivity index (χ3n) is 4.28. The van der Waals surface area contributed by atoms with E-state index in [1.807, 2.05) is 24.3 Å². The molecular formula is C20H19BrFN3O2. The van der Waals surface area contributed by atoms with Crippen LogP contribution in [-0.2, 0) is 18.3 Å². The average molecular weight is 432 g/mol. The molecule has 0 aliphatic heterocycles. The highest BCUT2D eigenvalue weighted by Gasteiger charge is 2.17. The molecule has 0 saturated carbocycles. The van der Waals surface area contributed by atoms with Crippen molar-refractivity contribution in [2.24, 2.45) is 7.05 Å². The van der Waals surface area contributed by atoms with Gasteiger partial charge in [0.15, 0.2) is 0 Å². The second kappa shape index (κ2) is 7.92. The number of nitrogens with zero attached hydrogens (tertiary/aromatic N) is 3. The number of aryl methyl sites for hydroxylation is 1. The summed E-state index contributed by atoms with van der Waals surface area (Å²) >= 11 is 3.43. The molecule has 0 aliphatic carbocycles. The van der Waals surface area contributed by atoms with Crippen molar-refractivity contribution in [1.82, 2.24) is 9.78 Å². The number of hydrogen-bond donors (Lipinski definition) is 0. The fourth-order valence-electron chi connectivity index (χ4n) is 2.77. The molecule has 0 aliphatic rings. The minimum Gasteiger partial charge on any atom is -0.496 e. The van der Waals surface area contributed by atoms with Gasteiger partial charge < -0.3 is 4.74 Å². The highest BCUT2D eigenvalue weighted by molar-refractivity contribution is 9.10. The number of anilines is 1. The van der Waals surface area contributed by atoms with Crippen molar-refractivity contribution in [1.29, 1.82) is 0 Å². The van der Waals surface area contributed by atoms with Gasteiger partial charge in [0, 0.05) is 25.7 Å². The number of methoxy groups -OCH3 is 1. The van der Waals surface area contributed by atoms with Gasteiger partial charge in [0.2, 0.25) is 5.91 Å². The van der Waals surface area contributed by atoms with Gasteiger partial charge in [-0.15, -0.1) is 0 Å². The van der Waals surface area contributed by atoms with Crippen molar-refractivity contribution in [3.63, 3.8) is 0 Å². The molecule has 0 atom stereocenters. The lowest BCUT2D eigenvalue weighted by Crippen LogP contribution is -2.29. The number of benzene rings is 2. The van der Waals surface area contributed by atoms with E-state index in [4.69, 9.17) is 4.74 Å². The van der Waals surface area contributed by atoms with Gasteiger partial charge in [-0.2, -0.15) is 5.10 Å². The SMILES string of the molecule is COc1ccc(CC(=O)N(C)c2cc(-c3ccc(F)cc3)nn2C)cc1Br. The molecule has 0 bridgehead atoms. The highest BCUT2D eigenvalue weighted by atomic mass is 79.9. The van der Waals surface area contributed by atoms with E-state index in [2.05, 4.69) is 21.0 Å². The summed E-state index contributed by atoms with van der Waals surface area (Å²) in [6, 6.07) is 13.5. The number of halogens is 2. The first kappa shape index (κ1) is 19.1. The Labute approximate surface area is 165 Å². The van der Waals surface area contributed by atoms with E-state index in [1.54, 1.807) is 42.9 Å². The second-order valence-corrected chi connectivity index (χ2v) is 6.97. The molecule has 140 valence electrons. The molecule has 5 nitrogen and oxygen atoms in total. The zero-order valence-electron chi connectivity index (χ0n) is 15.2.